The Balaban J connectivity index is 1.41. The highest BCUT2D eigenvalue weighted by atomic mass is 31.2. The molecule has 1 fully saturated rings. The Labute approximate surface area is 436 Å². The number of hydrogen-bond donors (Lipinski definition) is 3. The van der Waals surface area contributed by atoms with Gasteiger partial charge in [0.25, 0.3) is 25.9 Å². The van der Waals surface area contributed by atoms with Crippen LogP contribution in [-0.4, -0.2) is 115 Å². The molecule has 1 saturated heterocycles. The molecule has 19 nitrogen and oxygen atoms in total. The molecule has 2 aliphatic heterocycles. The van der Waals surface area contributed by atoms with Crippen molar-refractivity contribution in [2.24, 2.45) is 5.92 Å². The number of rotatable bonds is 22. The molecular weight excluding hydrogens is 980 g/mol. The van der Waals surface area contributed by atoms with Crippen molar-refractivity contribution in [3.8, 4) is 17.6 Å². The van der Waals surface area contributed by atoms with Crippen molar-refractivity contribution in [3.05, 3.63) is 148 Å². The summed E-state index contributed by atoms with van der Waals surface area (Å²) >= 11 is 0. The molecule has 3 amide bonds. The molecule has 2 aliphatic rings. The van der Waals surface area contributed by atoms with Gasteiger partial charge in [-0.15, -0.1) is 0 Å². The molecule has 0 aliphatic carbocycles. The number of H-pyrrole nitrogens is 1. The minimum atomic E-state index is -2.16. The number of nitriles is 1. The van der Waals surface area contributed by atoms with E-state index >= 15 is 0 Å². The smallest absolute Gasteiger partial charge is 0.280 e. The molecule has 3 unspecified atom stereocenters. The number of ether oxygens (including phenoxy) is 4. The number of carbonyl (C=O) groups is 3. The second-order valence-corrected chi connectivity index (χ2v) is 20.5. The molecule has 6 aromatic rings. The molecule has 20 heteroatoms. The number of aliphatic hydroxyl groups excluding tert-OH is 1. The van der Waals surface area contributed by atoms with Gasteiger partial charge in [-0.2, -0.15) is 10.2 Å². The summed E-state index contributed by atoms with van der Waals surface area (Å²) in [5.41, 5.74) is -0.0228. The minimum absolute atomic E-state index is 0.0180. The van der Waals surface area contributed by atoms with Crippen molar-refractivity contribution >= 4 is 43.4 Å². The van der Waals surface area contributed by atoms with Crippen molar-refractivity contribution < 1.29 is 47.5 Å². The van der Waals surface area contributed by atoms with Gasteiger partial charge in [0.05, 0.1) is 56.2 Å². The zero-order valence-corrected chi connectivity index (χ0v) is 44.3. The first-order valence-electron chi connectivity index (χ1n) is 24.9. The van der Waals surface area contributed by atoms with Gasteiger partial charge < -0.3 is 33.1 Å². The number of hydrogen-bond acceptors (Lipinski definition) is 15. The monoisotopic (exact) mass is 1040 g/mol. The van der Waals surface area contributed by atoms with E-state index in [9.17, 15) is 29.5 Å². The zero-order chi connectivity index (χ0) is 53.7. The van der Waals surface area contributed by atoms with Crippen molar-refractivity contribution in [1.82, 2.24) is 29.1 Å². The second kappa shape index (κ2) is 23.3. The number of benzene rings is 4. The van der Waals surface area contributed by atoms with Crippen LogP contribution in [0.3, 0.4) is 0 Å². The van der Waals surface area contributed by atoms with Gasteiger partial charge in [0.15, 0.2) is 17.4 Å². The lowest BCUT2D eigenvalue weighted by Gasteiger charge is -2.44. The summed E-state index contributed by atoms with van der Waals surface area (Å²) in [5, 5.41) is 26.6. The van der Waals surface area contributed by atoms with Crippen molar-refractivity contribution in [1.29, 1.82) is 5.26 Å². The summed E-state index contributed by atoms with van der Waals surface area (Å²) in [6, 6.07) is 32.4. The van der Waals surface area contributed by atoms with Crippen LogP contribution >= 0.6 is 8.53 Å². The van der Waals surface area contributed by atoms with Crippen LogP contribution in [0, 0.1) is 17.2 Å². The third kappa shape index (κ3) is 10.6. The van der Waals surface area contributed by atoms with E-state index in [1.54, 1.807) is 83.5 Å². The van der Waals surface area contributed by atoms with E-state index in [2.05, 4.69) is 21.4 Å². The van der Waals surface area contributed by atoms with Crippen molar-refractivity contribution in [2.45, 2.75) is 116 Å². The fourth-order valence-electron chi connectivity index (χ4n) is 9.90. The van der Waals surface area contributed by atoms with Crippen LogP contribution in [0.25, 0.3) is 11.2 Å². The Morgan fingerprint density at radius 2 is 1.41 bits per heavy atom. The van der Waals surface area contributed by atoms with Crippen LogP contribution in [0.4, 0.5) is 5.95 Å². The minimum Gasteiger partial charge on any atom is -0.497 e. The van der Waals surface area contributed by atoms with Gasteiger partial charge in [-0.1, -0.05) is 87.5 Å². The van der Waals surface area contributed by atoms with Crippen LogP contribution < -0.4 is 20.3 Å². The lowest BCUT2D eigenvalue weighted by molar-refractivity contribution is -0.131. The van der Waals surface area contributed by atoms with Crippen LogP contribution in [-0.2, 0) is 28.7 Å². The molecule has 7 atom stereocenters. The molecule has 8 rings (SSSR count). The standard InChI is InChI=1S/C55H63N8O11P/c1-10-42(62-51(67)40-19-14-15-20-41(40)52(62)68)72-46-44(74-75(71-30-16-29-56)63(33(4)5)34(6)7)45(73-53(46)61-31-57-43-48(61)58-54(60-50(43)66)59-49(65)32(2)3)47(64)55(35-17-12-11-13-18-35,36-21-25-38(69-8)26-22-36)37-23-27-39(70-9)28-24-37/h11-15,17-28,31-34,42,44-47,53,64H,10,16,30H2,1-9H3,(H2,58,59,60,65,66)/t42?,44-,45+,46-,47?,53-,75?/m1/s1. The predicted molar refractivity (Wildman–Crippen MR) is 280 cm³/mol. The van der Waals surface area contributed by atoms with Crippen LogP contribution in [0.2, 0.25) is 0 Å². The number of aliphatic hydroxyl groups is 1. The van der Waals surface area contributed by atoms with Crippen LogP contribution in [0.1, 0.15) is 105 Å². The van der Waals surface area contributed by atoms with E-state index in [1.807, 2.05) is 87.0 Å². The Morgan fingerprint density at radius 1 is 0.853 bits per heavy atom. The fraction of sp³-hybridized carbons (Fsp3) is 0.400. The Kier molecular flexibility index (Phi) is 16.9. The lowest BCUT2D eigenvalue weighted by atomic mass is 9.64. The quantitative estimate of drug-likeness (QED) is 0.0252. The van der Waals surface area contributed by atoms with Gasteiger partial charge >= 0.3 is 0 Å². The van der Waals surface area contributed by atoms with E-state index < -0.39 is 80.0 Å². The molecular formula is C55H63N8O11P. The topological polar surface area (TPSA) is 233 Å². The summed E-state index contributed by atoms with van der Waals surface area (Å²) in [6.45, 7) is 13.1. The van der Waals surface area contributed by atoms with Crippen LogP contribution in [0.15, 0.2) is 114 Å². The average molecular weight is 1040 g/mol. The first kappa shape index (κ1) is 54.4. The van der Waals surface area contributed by atoms with Gasteiger partial charge in [0, 0.05) is 18.0 Å². The number of methoxy groups -OCH3 is 2. The number of fused-ring (bicyclic) bond motifs is 2. The van der Waals surface area contributed by atoms with Crippen molar-refractivity contribution in [3.63, 3.8) is 0 Å². The molecule has 394 valence electrons. The van der Waals surface area contributed by atoms with Gasteiger partial charge in [-0.05, 0) is 87.2 Å². The molecule has 0 bridgehead atoms. The first-order valence-corrected chi connectivity index (χ1v) is 26.1. The summed E-state index contributed by atoms with van der Waals surface area (Å²) in [6.07, 6.45) is -7.04. The van der Waals surface area contributed by atoms with Crippen molar-refractivity contribution in [2.75, 3.05) is 26.1 Å². The van der Waals surface area contributed by atoms with Gasteiger partial charge in [-0.3, -0.25) is 34.0 Å². The molecule has 3 N–H and O–H groups in total. The van der Waals surface area contributed by atoms with Gasteiger partial charge in [0.2, 0.25) is 11.9 Å². The van der Waals surface area contributed by atoms with E-state index in [0.29, 0.717) is 28.2 Å². The summed E-state index contributed by atoms with van der Waals surface area (Å²) in [7, 11) is 0.971. The lowest BCUT2D eigenvalue weighted by Crippen LogP contribution is -2.54. The van der Waals surface area contributed by atoms with E-state index in [-0.39, 0.29) is 59.8 Å². The van der Waals surface area contributed by atoms with E-state index in [1.165, 1.54) is 10.9 Å². The number of amides is 3. The molecule has 2 aromatic heterocycles. The number of imidazole rings is 1. The third-order valence-corrected chi connectivity index (χ3v) is 15.6. The number of nitrogens with one attached hydrogen (secondary N) is 2. The fourth-order valence-corrected chi connectivity index (χ4v) is 11.6. The highest BCUT2D eigenvalue weighted by Gasteiger charge is 2.59. The maximum absolute atomic E-state index is 14.3. The Morgan fingerprint density at radius 3 is 1.93 bits per heavy atom. The number of aromatic amines is 1. The van der Waals surface area contributed by atoms with Gasteiger partial charge in [-0.25, -0.2) is 14.6 Å². The number of imide groups is 1. The van der Waals surface area contributed by atoms with Crippen LogP contribution in [0.5, 0.6) is 11.5 Å². The number of carbonyl (C=O) groups excluding carboxylic acids is 3. The number of aromatic nitrogens is 4. The van der Waals surface area contributed by atoms with E-state index in [4.69, 9.17) is 33.0 Å². The molecule has 4 heterocycles. The normalized spacial score (nSPS) is 19.0. The molecule has 0 radical (unpaired) electrons. The highest BCUT2D eigenvalue weighted by Crippen LogP contribution is 2.54. The Bertz CT molecular complexity index is 2980. The number of nitrogens with zero attached hydrogens (tertiary/aromatic N) is 6. The second-order valence-electron chi connectivity index (χ2n) is 19.1. The maximum atomic E-state index is 14.3. The average Bonchev–Trinajstić information content (AvgIpc) is 4.08. The first-order chi connectivity index (χ1) is 36.1. The molecule has 75 heavy (non-hydrogen) atoms. The molecule has 0 spiro atoms. The Hall–Kier alpha value is -6.88. The maximum Gasteiger partial charge on any atom is 0.280 e. The third-order valence-electron chi connectivity index (χ3n) is 13.4. The predicted octanol–water partition coefficient (Wildman–Crippen LogP) is 8.10. The summed E-state index contributed by atoms with van der Waals surface area (Å²) in [5.74, 6) is -1.06. The molecule has 4 aromatic carbocycles. The largest absolute Gasteiger partial charge is 0.497 e. The number of anilines is 1. The summed E-state index contributed by atoms with van der Waals surface area (Å²) in [4.78, 5) is 68.4. The molecule has 0 saturated carbocycles. The highest BCUT2D eigenvalue weighted by molar-refractivity contribution is 7.44. The van der Waals surface area contributed by atoms with E-state index in [0.717, 1.165) is 4.90 Å². The van der Waals surface area contributed by atoms with Gasteiger partial charge in [0.1, 0.15) is 42.1 Å². The summed E-state index contributed by atoms with van der Waals surface area (Å²) < 4.78 is 43.3. The SMILES string of the molecule is CCC(O[C@@H]1[C@H](OP(OCCC#N)N(C(C)C)C(C)C)[C@@H](C(O)C(c2ccccc2)(c2ccc(OC)cc2)c2ccc(OC)cc2)O[C@H]1n1cnc2c(=O)[nH]c(NC(=O)C(C)C)nc21)N1C(=O)c2ccccc2C1=O. The zero-order valence-electron chi connectivity index (χ0n) is 43.4.